The van der Waals surface area contributed by atoms with Crippen molar-refractivity contribution in [3.63, 3.8) is 0 Å². The molecule has 0 spiro atoms. The van der Waals surface area contributed by atoms with Crippen LogP contribution in [-0.2, 0) is 0 Å². The van der Waals surface area contributed by atoms with E-state index < -0.39 is 0 Å². The first-order chi connectivity index (χ1) is 12.8. The van der Waals surface area contributed by atoms with Crippen molar-refractivity contribution in [3.8, 4) is 17.1 Å². The Morgan fingerprint density at radius 1 is 1.04 bits per heavy atom. The fraction of sp³-hybridized carbons (Fsp3) is 0.211. The molecule has 0 fully saturated rings. The summed E-state index contributed by atoms with van der Waals surface area (Å²) in [6, 6.07) is 15.1. The number of rotatable bonds is 8. The Bertz CT molecular complexity index is 842. The van der Waals surface area contributed by atoms with Gasteiger partial charge < -0.3 is 20.5 Å². The zero-order chi connectivity index (χ0) is 18.2. The monoisotopic (exact) mass is 351 g/mol. The normalized spacial score (nSPS) is 10.4. The van der Waals surface area contributed by atoms with E-state index in [1.54, 1.807) is 13.3 Å². The number of ether oxygens (including phenoxy) is 1. The van der Waals surface area contributed by atoms with Crippen molar-refractivity contribution < 1.29 is 9.84 Å². The van der Waals surface area contributed by atoms with E-state index in [-0.39, 0.29) is 6.61 Å². The highest BCUT2D eigenvalue weighted by atomic mass is 16.5. The first kappa shape index (κ1) is 17.6. The molecule has 3 rings (SSSR count). The predicted molar refractivity (Wildman–Crippen MR) is 102 cm³/mol. The maximum absolute atomic E-state index is 8.97. The average molecular weight is 351 g/mol. The van der Waals surface area contributed by atoms with Gasteiger partial charge in [0.1, 0.15) is 11.6 Å². The lowest BCUT2D eigenvalue weighted by atomic mass is 10.2. The number of benzene rings is 1. The molecule has 0 aliphatic heterocycles. The third kappa shape index (κ3) is 4.46. The summed E-state index contributed by atoms with van der Waals surface area (Å²) in [7, 11) is 1.63. The first-order valence-corrected chi connectivity index (χ1v) is 8.35. The molecule has 0 amide bonds. The number of pyridine rings is 1. The highest BCUT2D eigenvalue weighted by Gasteiger charge is 2.09. The number of nitrogens with zero attached hydrogens (tertiary/aromatic N) is 3. The van der Waals surface area contributed by atoms with Crippen LogP contribution in [0, 0.1) is 0 Å². The minimum Gasteiger partial charge on any atom is -0.495 e. The summed E-state index contributed by atoms with van der Waals surface area (Å²) < 4.78 is 5.38. The second-order valence-corrected chi connectivity index (χ2v) is 5.51. The minimum absolute atomic E-state index is 0.110. The van der Waals surface area contributed by atoms with Crippen molar-refractivity contribution >= 4 is 17.5 Å². The van der Waals surface area contributed by atoms with E-state index >= 15 is 0 Å². The topological polar surface area (TPSA) is 92.2 Å². The van der Waals surface area contributed by atoms with Crippen molar-refractivity contribution in [2.24, 2.45) is 0 Å². The number of anilines is 3. The van der Waals surface area contributed by atoms with Gasteiger partial charge in [0.2, 0.25) is 5.95 Å². The maximum atomic E-state index is 8.97. The SMILES string of the molecule is COc1ccccc1Nc1cc(-c2ccccn2)nc(NCCCO)n1. The largest absolute Gasteiger partial charge is 0.495 e. The van der Waals surface area contributed by atoms with E-state index in [2.05, 4.69) is 25.6 Å². The Morgan fingerprint density at radius 2 is 1.88 bits per heavy atom. The second kappa shape index (κ2) is 8.77. The van der Waals surface area contributed by atoms with Crippen molar-refractivity contribution in [1.82, 2.24) is 15.0 Å². The molecule has 2 heterocycles. The van der Waals surface area contributed by atoms with Gasteiger partial charge in [-0.1, -0.05) is 18.2 Å². The van der Waals surface area contributed by atoms with E-state index in [9.17, 15) is 0 Å². The van der Waals surface area contributed by atoms with Gasteiger partial charge in [-0.05, 0) is 30.7 Å². The summed E-state index contributed by atoms with van der Waals surface area (Å²) in [5, 5.41) is 15.4. The van der Waals surface area contributed by atoms with Crippen LogP contribution in [0.1, 0.15) is 6.42 Å². The highest BCUT2D eigenvalue weighted by Crippen LogP contribution is 2.28. The summed E-state index contributed by atoms with van der Waals surface area (Å²) >= 11 is 0. The fourth-order valence-corrected chi connectivity index (χ4v) is 2.40. The summed E-state index contributed by atoms with van der Waals surface area (Å²) in [6.07, 6.45) is 2.34. The zero-order valence-electron chi connectivity index (χ0n) is 14.5. The Hall–Kier alpha value is -3.19. The minimum atomic E-state index is 0.110. The number of para-hydroxylation sites is 2. The van der Waals surface area contributed by atoms with Crippen LogP contribution in [-0.4, -0.2) is 40.3 Å². The van der Waals surface area contributed by atoms with Crippen molar-refractivity contribution in [2.75, 3.05) is 30.9 Å². The van der Waals surface area contributed by atoms with Gasteiger partial charge in [-0.25, -0.2) is 4.98 Å². The Balaban J connectivity index is 1.93. The van der Waals surface area contributed by atoms with Crippen LogP contribution in [0.3, 0.4) is 0 Å². The molecule has 0 aliphatic carbocycles. The van der Waals surface area contributed by atoms with Crippen LogP contribution in [0.4, 0.5) is 17.5 Å². The Labute approximate surface area is 152 Å². The number of aromatic nitrogens is 3. The smallest absolute Gasteiger partial charge is 0.225 e. The molecular weight excluding hydrogens is 330 g/mol. The molecule has 0 aliphatic rings. The summed E-state index contributed by atoms with van der Waals surface area (Å²) in [4.78, 5) is 13.4. The quantitative estimate of drug-likeness (QED) is 0.537. The van der Waals surface area contributed by atoms with Crippen LogP contribution in [0.15, 0.2) is 54.7 Å². The zero-order valence-corrected chi connectivity index (χ0v) is 14.5. The first-order valence-electron chi connectivity index (χ1n) is 8.35. The van der Waals surface area contributed by atoms with Crippen molar-refractivity contribution in [2.45, 2.75) is 6.42 Å². The molecule has 3 N–H and O–H groups in total. The maximum Gasteiger partial charge on any atom is 0.225 e. The lowest BCUT2D eigenvalue weighted by Gasteiger charge is -2.13. The van der Waals surface area contributed by atoms with Gasteiger partial charge in [-0.15, -0.1) is 0 Å². The summed E-state index contributed by atoms with van der Waals surface area (Å²) in [5.74, 6) is 1.82. The van der Waals surface area contributed by atoms with Crippen molar-refractivity contribution in [1.29, 1.82) is 0 Å². The van der Waals surface area contributed by atoms with E-state index in [4.69, 9.17) is 9.84 Å². The van der Waals surface area contributed by atoms with Crippen LogP contribution in [0.2, 0.25) is 0 Å². The Kier molecular flexibility index (Phi) is 5.95. The van der Waals surface area contributed by atoms with Crippen LogP contribution in [0.5, 0.6) is 5.75 Å². The molecule has 0 saturated carbocycles. The summed E-state index contributed by atoms with van der Waals surface area (Å²) in [6.45, 7) is 0.690. The van der Waals surface area contributed by atoms with E-state index in [0.29, 0.717) is 30.4 Å². The molecule has 1 aromatic carbocycles. The highest BCUT2D eigenvalue weighted by molar-refractivity contribution is 5.68. The van der Waals surface area contributed by atoms with Crippen molar-refractivity contribution in [3.05, 3.63) is 54.7 Å². The Morgan fingerprint density at radius 3 is 2.65 bits per heavy atom. The molecule has 7 heteroatoms. The third-order valence-electron chi connectivity index (χ3n) is 3.64. The van der Waals surface area contributed by atoms with Crippen LogP contribution < -0.4 is 15.4 Å². The fourth-order valence-electron chi connectivity index (χ4n) is 2.40. The lowest BCUT2D eigenvalue weighted by molar-refractivity contribution is 0.292. The van der Waals surface area contributed by atoms with Gasteiger partial charge in [0, 0.05) is 25.4 Å². The number of aliphatic hydroxyl groups is 1. The van der Waals surface area contributed by atoms with Crippen LogP contribution >= 0.6 is 0 Å². The molecule has 134 valence electrons. The van der Waals surface area contributed by atoms with Gasteiger partial charge in [-0.2, -0.15) is 4.98 Å². The standard InChI is InChI=1S/C19H21N5O2/c1-26-17-9-3-2-8-15(17)22-18-13-16(14-7-4-5-10-20-14)23-19(24-18)21-11-6-12-25/h2-5,7-10,13,25H,6,11-12H2,1H3,(H2,21,22,23,24). The van der Waals surface area contributed by atoms with Gasteiger partial charge in [0.05, 0.1) is 24.2 Å². The molecule has 26 heavy (non-hydrogen) atoms. The molecule has 0 bridgehead atoms. The van der Waals surface area contributed by atoms with Gasteiger partial charge >= 0.3 is 0 Å². The molecule has 3 aromatic rings. The van der Waals surface area contributed by atoms with Crippen LogP contribution in [0.25, 0.3) is 11.4 Å². The molecule has 2 aromatic heterocycles. The lowest BCUT2D eigenvalue weighted by Crippen LogP contribution is -2.09. The molecule has 0 unspecified atom stereocenters. The predicted octanol–water partition coefficient (Wildman–Crippen LogP) is 3.09. The summed E-state index contributed by atoms with van der Waals surface area (Å²) in [5.41, 5.74) is 2.26. The molecule has 0 saturated heterocycles. The second-order valence-electron chi connectivity index (χ2n) is 5.51. The number of methoxy groups -OCH3 is 1. The average Bonchev–Trinajstić information content (AvgIpc) is 2.69. The molecular formula is C19H21N5O2. The third-order valence-corrected chi connectivity index (χ3v) is 3.64. The van der Waals surface area contributed by atoms with Gasteiger partial charge in [-0.3, -0.25) is 4.98 Å². The number of aliphatic hydroxyl groups excluding tert-OH is 1. The van der Waals surface area contributed by atoms with E-state index in [0.717, 1.165) is 17.1 Å². The van der Waals surface area contributed by atoms with Gasteiger partial charge in [0.25, 0.3) is 0 Å². The molecule has 0 atom stereocenters. The number of hydrogen-bond acceptors (Lipinski definition) is 7. The van der Waals surface area contributed by atoms with E-state index in [1.807, 2.05) is 48.5 Å². The number of hydrogen-bond donors (Lipinski definition) is 3. The number of nitrogens with one attached hydrogen (secondary N) is 2. The molecule has 7 nitrogen and oxygen atoms in total. The molecule has 0 radical (unpaired) electrons. The van der Waals surface area contributed by atoms with E-state index in [1.165, 1.54) is 0 Å². The van der Waals surface area contributed by atoms with Gasteiger partial charge in [0.15, 0.2) is 0 Å².